The molecule has 0 bridgehead atoms. The van der Waals surface area contributed by atoms with Gasteiger partial charge in [0.25, 0.3) is 0 Å². The molecule has 6 nitrogen and oxygen atoms in total. The molecule has 2 aromatic carbocycles. The molecule has 0 amide bonds. The topological polar surface area (TPSA) is 73.5 Å². The van der Waals surface area contributed by atoms with Gasteiger partial charge in [-0.3, -0.25) is 9.13 Å². The van der Waals surface area contributed by atoms with Crippen LogP contribution in [0.2, 0.25) is 0 Å². The van der Waals surface area contributed by atoms with Crippen LogP contribution in [0.15, 0.2) is 41.2 Å². The maximum absolute atomic E-state index is 14.0. The summed E-state index contributed by atoms with van der Waals surface area (Å²) in [5, 5.41) is 9.20. The zero-order valence-electron chi connectivity index (χ0n) is 13.9. The van der Waals surface area contributed by atoms with Crippen molar-refractivity contribution < 1.29 is 23.4 Å². The molecule has 8 heteroatoms. The highest BCUT2D eigenvalue weighted by molar-refractivity contribution is 5.92. The molecule has 0 aliphatic rings. The van der Waals surface area contributed by atoms with Crippen molar-refractivity contribution in [1.29, 1.82) is 0 Å². The third-order valence-corrected chi connectivity index (χ3v) is 4.14. The number of nitrogens with zero attached hydrogens (tertiary/aromatic N) is 2. The minimum Gasteiger partial charge on any atom is -0.478 e. The van der Waals surface area contributed by atoms with E-state index in [-0.39, 0.29) is 30.8 Å². The first-order valence-corrected chi connectivity index (χ1v) is 7.82. The zero-order valence-corrected chi connectivity index (χ0v) is 13.9. The van der Waals surface area contributed by atoms with E-state index in [1.165, 1.54) is 46.6 Å². The fraction of sp³-hybridized carbons (Fsp3) is 0.222. The largest absolute Gasteiger partial charge is 0.478 e. The first-order chi connectivity index (χ1) is 12.4. The molecule has 0 saturated heterocycles. The van der Waals surface area contributed by atoms with E-state index in [1.807, 2.05) is 0 Å². The van der Waals surface area contributed by atoms with Gasteiger partial charge in [-0.25, -0.2) is 18.4 Å². The third-order valence-electron chi connectivity index (χ3n) is 4.14. The van der Waals surface area contributed by atoms with Crippen molar-refractivity contribution >= 4 is 17.0 Å². The summed E-state index contributed by atoms with van der Waals surface area (Å²) in [5.41, 5.74) is 0.361. The molecule has 26 heavy (non-hydrogen) atoms. The van der Waals surface area contributed by atoms with Gasteiger partial charge < -0.3 is 9.84 Å². The summed E-state index contributed by atoms with van der Waals surface area (Å²) in [7, 11) is 1.49. The van der Waals surface area contributed by atoms with Gasteiger partial charge >= 0.3 is 11.7 Å². The van der Waals surface area contributed by atoms with E-state index in [1.54, 1.807) is 0 Å². The number of fused-ring (bicyclic) bond motifs is 1. The molecule has 0 aliphatic carbocycles. The lowest BCUT2D eigenvalue weighted by atomic mass is 10.1. The van der Waals surface area contributed by atoms with Crippen molar-refractivity contribution in [2.75, 3.05) is 13.7 Å². The molecule has 1 heterocycles. The van der Waals surface area contributed by atoms with E-state index in [0.29, 0.717) is 11.0 Å². The second kappa shape index (κ2) is 7.09. The molecule has 0 unspecified atom stereocenters. The van der Waals surface area contributed by atoms with Crippen LogP contribution in [0.3, 0.4) is 0 Å². The van der Waals surface area contributed by atoms with E-state index >= 15 is 0 Å². The normalized spacial score (nSPS) is 11.2. The fourth-order valence-corrected chi connectivity index (χ4v) is 2.85. The summed E-state index contributed by atoms with van der Waals surface area (Å²) in [4.78, 5) is 24.0. The van der Waals surface area contributed by atoms with E-state index in [0.717, 1.165) is 6.07 Å². The Bertz CT molecular complexity index is 1040. The van der Waals surface area contributed by atoms with Crippen molar-refractivity contribution in [3.8, 4) is 0 Å². The van der Waals surface area contributed by atoms with Gasteiger partial charge in [-0.1, -0.05) is 12.1 Å². The van der Waals surface area contributed by atoms with Crippen LogP contribution < -0.4 is 5.69 Å². The quantitative estimate of drug-likeness (QED) is 0.731. The van der Waals surface area contributed by atoms with Crippen molar-refractivity contribution in [2.24, 2.45) is 0 Å². The van der Waals surface area contributed by atoms with Crippen LogP contribution in [0.5, 0.6) is 0 Å². The van der Waals surface area contributed by atoms with Gasteiger partial charge in [0.2, 0.25) is 0 Å². The van der Waals surface area contributed by atoms with Crippen LogP contribution in [0.25, 0.3) is 11.0 Å². The number of imidazole rings is 1. The van der Waals surface area contributed by atoms with Gasteiger partial charge in [0, 0.05) is 12.7 Å². The number of benzene rings is 2. The van der Waals surface area contributed by atoms with Crippen LogP contribution >= 0.6 is 0 Å². The SMILES string of the molecule is COCCn1c(=O)n(Cc2cccc(F)c2F)c2cc(C(=O)O)ccc21. The summed E-state index contributed by atoms with van der Waals surface area (Å²) in [6.45, 7) is 0.299. The monoisotopic (exact) mass is 362 g/mol. The summed E-state index contributed by atoms with van der Waals surface area (Å²) < 4.78 is 35.2. The molecule has 0 atom stereocenters. The summed E-state index contributed by atoms with van der Waals surface area (Å²) in [6, 6.07) is 7.98. The maximum Gasteiger partial charge on any atom is 0.335 e. The van der Waals surface area contributed by atoms with E-state index in [9.17, 15) is 23.5 Å². The van der Waals surface area contributed by atoms with Crippen LogP contribution in [-0.4, -0.2) is 33.9 Å². The Morgan fingerprint density at radius 2 is 1.92 bits per heavy atom. The number of hydrogen-bond donors (Lipinski definition) is 1. The highest BCUT2D eigenvalue weighted by atomic mass is 19.2. The number of methoxy groups -OCH3 is 1. The summed E-state index contributed by atoms with van der Waals surface area (Å²) in [5.74, 6) is -3.19. The predicted molar refractivity (Wildman–Crippen MR) is 90.5 cm³/mol. The van der Waals surface area contributed by atoms with Crippen LogP contribution in [-0.2, 0) is 17.8 Å². The first-order valence-electron chi connectivity index (χ1n) is 7.82. The van der Waals surface area contributed by atoms with E-state index in [2.05, 4.69) is 0 Å². The number of aromatic carboxylic acids is 1. The van der Waals surface area contributed by atoms with Crippen LogP contribution in [0.1, 0.15) is 15.9 Å². The lowest BCUT2D eigenvalue weighted by Gasteiger charge is -2.06. The number of aromatic nitrogens is 2. The molecule has 0 spiro atoms. The van der Waals surface area contributed by atoms with Gasteiger partial charge in [0.05, 0.1) is 36.3 Å². The Hall–Kier alpha value is -3.00. The minimum absolute atomic E-state index is 0.00128. The molecule has 136 valence electrons. The summed E-state index contributed by atoms with van der Waals surface area (Å²) >= 11 is 0. The Morgan fingerprint density at radius 1 is 1.15 bits per heavy atom. The Labute approximate surface area is 146 Å². The van der Waals surface area contributed by atoms with Crippen molar-refractivity contribution in [3.63, 3.8) is 0 Å². The van der Waals surface area contributed by atoms with Gasteiger partial charge in [-0.15, -0.1) is 0 Å². The lowest BCUT2D eigenvalue weighted by Crippen LogP contribution is -2.26. The summed E-state index contributed by atoms with van der Waals surface area (Å²) in [6.07, 6.45) is 0. The molecule has 1 aromatic heterocycles. The highest BCUT2D eigenvalue weighted by Gasteiger charge is 2.17. The van der Waals surface area contributed by atoms with Crippen LogP contribution in [0.4, 0.5) is 8.78 Å². The maximum atomic E-state index is 14.0. The number of halogens is 2. The third kappa shape index (κ3) is 3.11. The molecular formula is C18H16F2N2O4. The minimum atomic E-state index is -1.15. The molecule has 0 radical (unpaired) electrons. The molecule has 0 saturated carbocycles. The average Bonchev–Trinajstić information content (AvgIpc) is 2.88. The van der Waals surface area contributed by atoms with E-state index < -0.39 is 23.3 Å². The van der Waals surface area contributed by atoms with Gasteiger partial charge in [-0.2, -0.15) is 0 Å². The number of carboxylic acid groups (broad SMARTS) is 1. The van der Waals surface area contributed by atoms with Gasteiger partial charge in [0.15, 0.2) is 11.6 Å². The molecule has 0 fully saturated rings. The molecule has 0 aliphatic heterocycles. The molecular weight excluding hydrogens is 346 g/mol. The lowest BCUT2D eigenvalue weighted by molar-refractivity contribution is 0.0697. The fourth-order valence-electron chi connectivity index (χ4n) is 2.85. The van der Waals surface area contributed by atoms with Crippen molar-refractivity contribution in [2.45, 2.75) is 13.1 Å². The number of rotatable bonds is 6. The first kappa shape index (κ1) is 17.8. The van der Waals surface area contributed by atoms with Crippen LogP contribution in [0, 0.1) is 11.6 Å². The smallest absolute Gasteiger partial charge is 0.335 e. The predicted octanol–water partition coefficient (Wildman–Crippen LogP) is 2.47. The molecule has 1 N–H and O–H groups in total. The highest BCUT2D eigenvalue weighted by Crippen LogP contribution is 2.19. The van der Waals surface area contributed by atoms with Crippen molar-refractivity contribution in [1.82, 2.24) is 9.13 Å². The zero-order chi connectivity index (χ0) is 18.8. The standard InChI is InChI=1S/C18H16F2N2O4/c1-26-8-7-21-14-6-5-11(17(23)24)9-15(14)22(18(21)25)10-12-3-2-4-13(19)16(12)20/h2-6,9H,7-8,10H2,1H3,(H,23,24). The van der Waals surface area contributed by atoms with E-state index in [4.69, 9.17) is 4.74 Å². The van der Waals surface area contributed by atoms with Crippen molar-refractivity contribution in [3.05, 3.63) is 69.6 Å². The van der Waals surface area contributed by atoms with Gasteiger partial charge in [-0.05, 0) is 24.3 Å². The second-order valence-electron chi connectivity index (χ2n) is 5.73. The average molecular weight is 362 g/mol. The Kier molecular flexibility index (Phi) is 4.85. The number of carbonyl (C=O) groups is 1. The molecule has 3 rings (SSSR count). The number of hydrogen-bond acceptors (Lipinski definition) is 3. The van der Waals surface area contributed by atoms with Gasteiger partial charge in [0.1, 0.15) is 0 Å². The Morgan fingerprint density at radius 3 is 2.62 bits per heavy atom. The number of ether oxygens (including phenoxy) is 1. The Balaban J connectivity index is 2.20. The number of carboxylic acids is 1. The molecule has 3 aromatic rings. The second-order valence-corrected chi connectivity index (χ2v) is 5.73.